The van der Waals surface area contributed by atoms with E-state index in [1.54, 1.807) is 6.07 Å². The van der Waals surface area contributed by atoms with Crippen LogP contribution in [0.25, 0.3) is 0 Å². The van der Waals surface area contributed by atoms with Crippen LogP contribution < -0.4 is 15.8 Å². The molecule has 0 saturated heterocycles. The van der Waals surface area contributed by atoms with Gasteiger partial charge >= 0.3 is 0 Å². The van der Waals surface area contributed by atoms with E-state index >= 15 is 0 Å². The largest absolute Gasteiger partial charge is 0.496 e. The lowest BCUT2D eigenvalue weighted by molar-refractivity contribution is 0.0948. The third kappa shape index (κ3) is 5.92. The van der Waals surface area contributed by atoms with Gasteiger partial charge in [-0.15, -0.1) is 36.2 Å². The lowest BCUT2D eigenvalue weighted by atomic mass is 9.93. The normalized spacial score (nSPS) is 10.4. The van der Waals surface area contributed by atoms with Crippen molar-refractivity contribution >= 4 is 59.3 Å². The summed E-state index contributed by atoms with van der Waals surface area (Å²) in [6, 6.07) is 3.05. The van der Waals surface area contributed by atoms with Crippen LogP contribution in [0.1, 0.15) is 41.8 Å². The zero-order valence-electron chi connectivity index (χ0n) is 14.4. The molecule has 0 aliphatic carbocycles. The third-order valence-electron chi connectivity index (χ3n) is 3.28. The van der Waals surface area contributed by atoms with Crippen LogP contribution in [0.5, 0.6) is 5.75 Å². The molecule has 2 rings (SSSR count). The molecule has 0 aliphatic heterocycles. The molecule has 0 fully saturated rings. The number of nitrogens with zero attached hydrogens (tertiary/aromatic N) is 1. The number of carbonyl (C=O) groups excluding carboxylic acids is 1. The van der Waals surface area contributed by atoms with Crippen LogP contribution in [0.15, 0.2) is 17.5 Å². The van der Waals surface area contributed by atoms with E-state index in [2.05, 4.69) is 31.1 Å². The third-order valence-corrected chi connectivity index (χ3v) is 4.46. The molecule has 1 amide bonds. The SMILES string of the molecule is COc1cc(N)c(Cl)cc1C(=O)NCc1nc(C(C)(C)C)cs1.Cl.Cl. The van der Waals surface area contributed by atoms with Crippen molar-refractivity contribution in [1.82, 2.24) is 10.3 Å². The first-order valence-electron chi connectivity index (χ1n) is 7.08. The molecule has 0 bridgehead atoms. The number of halogens is 3. The molecule has 0 aliphatic rings. The first kappa shape index (κ1) is 23.8. The number of nitrogens with two attached hydrogens (primary N) is 1. The first-order valence-corrected chi connectivity index (χ1v) is 8.34. The molecule has 0 atom stereocenters. The van der Waals surface area contributed by atoms with E-state index in [0.29, 0.717) is 28.6 Å². The molecule has 0 saturated carbocycles. The summed E-state index contributed by atoms with van der Waals surface area (Å²) < 4.78 is 5.19. The fourth-order valence-corrected chi connectivity index (χ4v) is 3.03. The minimum Gasteiger partial charge on any atom is -0.496 e. The van der Waals surface area contributed by atoms with Crippen molar-refractivity contribution < 1.29 is 9.53 Å². The number of benzene rings is 1. The van der Waals surface area contributed by atoms with Crippen molar-refractivity contribution in [2.45, 2.75) is 32.7 Å². The molecule has 1 aromatic carbocycles. The van der Waals surface area contributed by atoms with Crippen LogP contribution in [0.3, 0.4) is 0 Å². The molecular formula is C16H22Cl3N3O2S. The summed E-state index contributed by atoms with van der Waals surface area (Å²) >= 11 is 7.51. The lowest BCUT2D eigenvalue weighted by Gasteiger charge is -2.14. The zero-order chi connectivity index (χ0) is 17.2. The Kier molecular flexibility index (Phi) is 9.02. The topological polar surface area (TPSA) is 77.2 Å². The van der Waals surface area contributed by atoms with Gasteiger partial charge in [0.2, 0.25) is 0 Å². The van der Waals surface area contributed by atoms with Crippen molar-refractivity contribution in [3.05, 3.63) is 38.8 Å². The highest BCUT2D eigenvalue weighted by molar-refractivity contribution is 7.09. The minimum atomic E-state index is -0.281. The molecular weight excluding hydrogens is 405 g/mol. The number of thiazole rings is 1. The number of ether oxygens (including phenoxy) is 1. The Balaban J connectivity index is 0.00000288. The van der Waals surface area contributed by atoms with E-state index < -0.39 is 0 Å². The smallest absolute Gasteiger partial charge is 0.255 e. The Morgan fingerprint density at radius 1 is 1.36 bits per heavy atom. The molecule has 0 radical (unpaired) electrons. The van der Waals surface area contributed by atoms with Gasteiger partial charge in [-0.3, -0.25) is 4.79 Å². The van der Waals surface area contributed by atoms with Gasteiger partial charge in [0, 0.05) is 16.9 Å². The van der Waals surface area contributed by atoms with Crippen LogP contribution in [-0.4, -0.2) is 18.0 Å². The summed E-state index contributed by atoms with van der Waals surface area (Å²) in [5, 5.41) is 6.02. The van der Waals surface area contributed by atoms with Gasteiger partial charge in [0.05, 0.1) is 35.6 Å². The number of hydrogen-bond donors (Lipinski definition) is 2. The summed E-state index contributed by atoms with van der Waals surface area (Å²) in [6.45, 7) is 6.66. The molecule has 0 unspecified atom stereocenters. The number of amides is 1. The summed E-state index contributed by atoms with van der Waals surface area (Å²) in [5.41, 5.74) is 7.44. The van der Waals surface area contributed by atoms with Gasteiger partial charge < -0.3 is 15.8 Å². The number of anilines is 1. The van der Waals surface area contributed by atoms with E-state index in [4.69, 9.17) is 22.1 Å². The summed E-state index contributed by atoms with van der Waals surface area (Å²) in [7, 11) is 1.48. The van der Waals surface area contributed by atoms with Crippen LogP contribution in [-0.2, 0) is 12.0 Å². The Morgan fingerprint density at radius 2 is 2.00 bits per heavy atom. The fourth-order valence-electron chi connectivity index (χ4n) is 1.90. The van der Waals surface area contributed by atoms with Gasteiger partial charge in [-0.2, -0.15) is 0 Å². The average Bonchev–Trinajstić information content (AvgIpc) is 2.96. The van der Waals surface area contributed by atoms with Crippen LogP contribution in [0.4, 0.5) is 5.69 Å². The van der Waals surface area contributed by atoms with Crippen molar-refractivity contribution in [3.63, 3.8) is 0 Å². The monoisotopic (exact) mass is 425 g/mol. The Morgan fingerprint density at radius 3 is 2.52 bits per heavy atom. The predicted molar refractivity (Wildman–Crippen MR) is 109 cm³/mol. The number of rotatable bonds is 4. The van der Waals surface area contributed by atoms with E-state index in [-0.39, 0.29) is 36.1 Å². The second kappa shape index (κ2) is 9.48. The molecule has 3 N–H and O–H groups in total. The maximum atomic E-state index is 12.4. The molecule has 25 heavy (non-hydrogen) atoms. The molecule has 1 aromatic heterocycles. The summed E-state index contributed by atoms with van der Waals surface area (Å²) in [4.78, 5) is 16.9. The van der Waals surface area contributed by atoms with Crippen molar-refractivity contribution in [2.24, 2.45) is 0 Å². The van der Waals surface area contributed by atoms with Crippen molar-refractivity contribution in [2.75, 3.05) is 12.8 Å². The van der Waals surface area contributed by atoms with Crippen molar-refractivity contribution in [1.29, 1.82) is 0 Å². The van der Waals surface area contributed by atoms with Gasteiger partial charge in [-0.25, -0.2) is 4.98 Å². The zero-order valence-corrected chi connectivity index (χ0v) is 17.6. The quantitative estimate of drug-likeness (QED) is 0.708. The van der Waals surface area contributed by atoms with Crippen LogP contribution in [0, 0.1) is 0 Å². The molecule has 9 heteroatoms. The Labute approximate surface area is 169 Å². The Bertz CT molecular complexity index is 730. The maximum absolute atomic E-state index is 12.4. The highest BCUT2D eigenvalue weighted by Crippen LogP contribution is 2.29. The van der Waals surface area contributed by atoms with Gasteiger partial charge in [0.1, 0.15) is 10.8 Å². The lowest BCUT2D eigenvalue weighted by Crippen LogP contribution is -2.23. The van der Waals surface area contributed by atoms with Crippen LogP contribution in [0.2, 0.25) is 5.02 Å². The van der Waals surface area contributed by atoms with Gasteiger partial charge in [0.15, 0.2) is 0 Å². The molecule has 1 heterocycles. The number of aromatic nitrogens is 1. The van der Waals surface area contributed by atoms with Gasteiger partial charge in [-0.05, 0) is 6.07 Å². The number of hydrogen-bond acceptors (Lipinski definition) is 5. The molecule has 0 spiro atoms. The second-order valence-corrected chi connectivity index (χ2v) is 7.48. The Hall–Kier alpha value is -1.21. The number of nitrogen functional groups attached to an aromatic ring is 1. The summed E-state index contributed by atoms with van der Waals surface area (Å²) in [6.07, 6.45) is 0. The molecule has 2 aromatic rings. The molecule has 140 valence electrons. The second-order valence-electron chi connectivity index (χ2n) is 6.13. The average molecular weight is 427 g/mol. The van der Waals surface area contributed by atoms with E-state index in [1.807, 2.05) is 5.38 Å². The first-order chi connectivity index (χ1) is 10.7. The van der Waals surface area contributed by atoms with E-state index in [0.717, 1.165) is 10.7 Å². The fraction of sp³-hybridized carbons (Fsp3) is 0.375. The van der Waals surface area contributed by atoms with Gasteiger partial charge in [-0.1, -0.05) is 32.4 Å². The molecule has 5 nitrogen and oxygen atoms in total. The maximum Gasteiger partial charge on any atom is 0.255 e. The van der Waals surface area contributed by atoms with E-state index in [1.165, 1.54) is 24.5 Å². The number of nitrogens with one attached hydrogen (secondary N) is 1. The standard InChI is InChI=1S/C16H20ClN3O2S.2ClH/c1-16(2,3)13-8-23-14(20-13)7-19-15(21)9-5-10(17)11(18)6-12(9)22-4;;/h5-6,8H,7,18H2,1-4H3,(H,19,21);2*1H. The van der Waals surface area contributed by atoms with Gasteiger partial charge in [0.25, 0.3) is 5.91 Å². The minimum absolute atomic E-state index is 0. The van der Waals surface area contributed by atoms with Crippen LogP contribution >= 0.6 is 47.8 Å². The predicted octanol–water partition coefficient (Wildman–Crippen LogP) is 4.46. The van der Waals surface area contributed by atoms with E-state index in [9.17, 15) is 4.79 Å². The highest BCUT2D eigenvalue weighted by Gasteiger charge is 2.18. The van der Waals surface area contributed by atoms with Crippen molar-refractivity contribution in [3.8, 4) is 5.75 Å². The summed E-state index contributed by atoms with van der Waals surface area (Å²) in [5.74, 6) is 0.107. The number of methoxy groups -OCH3 is 1. The highest BCUT2D eigenvalue weighted by atomic mass is 35.5. The number of carbonyl (C=O) groups is 1.